The SMILES string of the molecule is CC(=O)N[C@@H]1[C@@H](O)[C@H](O[C@@H]2O[C@H](CO)[C@@H](O[C@@H]3O[C@H](CO[C@H]4O[C@H](CO)[C@@H](O)[C@H](O)[C@@H]4O[C@@H]4O[C@H](CO)[C@@H](O[C@@H]5O[C@H](CO)[C@H](O)[C@H](O)[C@H]5O)[C@H](O)[C@H]4NC(C)=O)[C@@H](O[C@@H]4O[C@H](CO)[C@@H](O)[C@H](O)[C@H]4NC(C)=O)[C@H](O[C@H]4O[C@H](CO)[C@@H](O)[C@H](O)[C@@H]4O[C@@H]4O[C@H](CO)[C@@H](O[C@@H]5O[C@H](CO[C@]6(C(=O)O)C[C@H](O)[C@@H](O)[C@H]([C@H](O)[C@H](O)CO)O6)[C@H](O)[C@H](O)[C@H]5O)[C@H](O)[C@H]4NC(C)=O)[C@@H]3O)[C@H](O)[C@H]2NC(C)=O)[C@@H](CO)O[C@H]1O. The van der Waals surface area contributed by atoms with Gasteiger partial charge in [-0.25, -0.2) is 4.79 Å². The summed E-state index contributed by atoms with van der Waals surface area (Å²) in [6.07, 6.45) is -115. The van der Waals surface area contributed by atoms with Gasteiger partial charge in [0.2, 0.25) is 29.5 Å². The van der Waals surface area contributed by atoms with E-state index in [9.17, 15) is 192 Å². The van der Waals surface area contributed by atoms with Gasteiger partial charge in [-0.1, -0.05) is 0 Å². The number of hydrogen-bond acceptors (Lipinski definition) is 58. The summed E-state index contributed by atoms with van der Waals surface area (Å²) in [6.45, 7) is -9.28. The Labute approximate surface area is 808 Å². The van der Waals surface area contributed by atoms with E-state index in [1.807, 2.05) is 0 Å². The molecule has 0 saturated carbocycles. The molecule has 0 spiro atoms. The highest BCUT2D eigenvalue weighted by atomic mass is 16.8. The van der Waals surface area contributed by atoms with E-state index in [0.717, 1.165) is 34.6 Å². The Morgan fingerprint density at radius 2 is 0.580 bits per heavy atom. The van der Waals surface area contributed by atoms with Crippen molar-refractivity contribution in [3.8, 4) is 0 Å². The smallest absolute Gasteiger partial charge is 0.364 e. The lowest BCUT2D eigenvalue weighted by molar-refractivity contribution is -0.409. The van der Waals surface area contributed by atoms with Crippen LogP contribution in [0.25, 0.3) is 0 Å². The first kappa shape index (κ1) is 118. The number of rotatable bonds is 39. The second-order valence-corrected chi connectivity index (χ2v) is 36.0. The second-order valence-electron chi connectivity index (χ2n) is 36.0. The molecule has 0 radical (unpaired) electrons. The van der Waals surface area contributed by atoms with Gasteiger partial charge in [-0.15, -0.1) is 0 Å². The molecule has 826 valence electrons. The van der Waals surface area contributed by atoms with Crippen LogP contribution in [0.3, 0.4) is 0 Å². The third-order valence-electron chi connectivity index (χ3n) is 26.0. The number of carboxylic acid groups (broad SMARTS) is 1. The average Bonchev–Trinajstić information content (AvgIpc) is 0.744. The van der Waals surface area contributed by atoms with Crippen molar-refractivity contribution in [2.45, 2.75) is 384 Å². The van der Waals surface area contributed by atoms with Crippen LogP contribution in [0.2, 0.25) is 0 Å². The molecular weight excluding hydrogens is 1960 g/mol. The van der Waals surface area contributed by atoms with Crippen molar-refractivity contribution in [3.63, 3.8) is 0 Å². The number of aliphatic carboxylic acids is 1. The number of aliphatic hydroxyl groups is 31. The van der Waals surface area contributed by atoms with Gasteiger partial charge in [0.25, 0.3) is 5.79 Å². The van der Waals surface area contributed by atoms with Crippen LogP contribution in [-0.2, 0) is 128 Å². The lowest BCUT2D eigenvalue weighted by atomic mass is 9.90. The number of carboxylic acids is 1. The Balaban J connectivity index is 0.990. The first-order valence-electron chi connectivity index (χ1n) is 45.3. The Hall–Kier alpha value is -5.26. The van der Waals surface area contributed by atoms with E-state index in [1.54, 1.807) is 0 Å². The molecule has 5 amide bonds. The minimum absolute atomic E-state index is 0.825. The maximum absolute atomic E-state index is 13.5. The van der Waals surface area contributed by atoms with Crippen LogP contribution < -0.4 is 26.6 Å². The number of hydrogen-bond donors (Lipinski definition) is 37. The van der Waals surface area contributed by atoms with Crippen molar-refractivity contribution in [2.75, 3.05) is 72.7 Å². The van der Waals surface area contributed by atoms with Crippen LogP contribution in [0.1, 0.15) is 41.0 Å². The summed E-state index contributed by atoms with van der Waals surface area (Å²) in [5.74, 6) is -10.3. The van der Waals surface area contributed by atoms with Gasteiger partial charge in [0.1, 0.15) is 268 Å². The molecule has 0 aliphatic carbocycles. The summed E-state index contributed by atoms with van der Waals surface area (Å²) >= 11 is 0. The monoisotopic (exact) mass is 2090 g/mol. The molecule has 11 rings (SSSR count). The van der Waals surface area contributed by atoms with Crippen LogP contribution in [-0.4, -0.2) is 615 Å². The number of carbonyl (C=O) groups excluding carboxylic acids is 5. The zero-order chi connectivity index (χ0) is 106. The molecule has 37 N–H and O–H groups in total. The predicted octanol–water partition coefficient (Wildman–Crippen LogP) is -25.1. The van der Waals surface area contributed by atoms with Gasteiger partial charge in [-0.3, -0.25) is 24.0 Å². The first-order valence-corrected chi connectivity index (χ1v) is 45.3. The van der Waals surface area contributed by atoms with Gasteiger partial charge in [0.05, 0.1) is 78.8 Å². The normalized spacial score (nSPS) is 47.8. The molecule has 64 heteroatoms. The van der Waals surface area contributed by atoms with Crippen molar-refractivity contribution in [2.24, 2.45) is 0 Å². The Morgan fingerprint density at radius 3 is 0.979 bits per heavy atom. The summed E-state index contributed by atoms with van der Waals surface area (Å²) < 4.78 is 127. The van der Waals surface area contributed by atoms with E-state index in [0.29, 0.717) is 0 Å². The quantitative estimate of drug-likeness (QED) is 0.0272. The number of ether oxygens (including phenoxy) is 21. The third-order valence-corrected chi connectivity index (χ3v) is 26.0. The van der Waals surface area contributed by atoms with E-state index in [2.05, 4.69) is 26.6 Å². The zero-order valence-corrected chi connectivity index (χ0v) is 76.6. The van der Waals surface area contributed by atoms with Crippen LogP contribution in [0.4, 0.5) is 0 Å². The van der Waals surface area contributed by atoms with Gasteiger partial charge < -0.3 is 289 Å². The molecule has 0 aromatic carbocycles. The maximum atomic E-state index is 13.5. The van der Waals surface area contributed by atoms with E-state index < -0.39 is 458 Å². The van der Waals surface area contributed by atoms with Gasteiger partial charge in [0, 0.05) is 41.0 Å². The molecule has 0 bridgehead atoms. The molecule has 11 saturated heterocycles. The minimum atomic E-state index is -3.15. The lowest BCUT2D eigenvalue weighted by Crippen LogP contribution is -2.71. The highest BCUT2D eigenvalue weighted by Gasteiger charge is 2.64. The molecule has 56 atom stereocenters. The number of amides is 5. The molecule has 11 aliphatic rings. The summed E-state index contributed by atoms with van der Waals surface area (Å²) in [5.41, 5.74) is 0. The van der Waals surface area contributed by atoms with Crippen molar-refractivity contribution in [1.82, 2.24) is 26.6 Å². The van der Waals surface area contributed by atoms with E-state index in [1.165, 1.54) is 0 Å². The van der Waals surface area contributed by atoms with E-state index >= 15 is 0 Å². The van der Waals surface area contributed by atoms with Crippen LogP contribution in [0.5, 0.6) is 0 Å². The number of aliphatic hydroxyl groups excluding tert-OH is 31. The fraction of sp³-hybridized carbons (Fsp3) is 0.924. The van der Waals surface area contributed by atoms with Crippen LogP contribution >= 0.6 is 0 Å². The zero-order valence-electron chi connectivity index (χ0n) is 76.6. The molecule has 64 nitrogen and oxygen atoms in total. The largest absolute Gasteiger partial charge is 0.477 e. The van der Waals surface area contributed by atoms with Gasteiger partial charge in [-0.05, 0) is 0 Å². The van der Waals surface area contributed by atoms with Gasteiger partial charge >= 0.3 is 5.97 Å². The molecular formula is C79H131N5O59. The molecule has 11 fully saturated rings. The molecule has 0 unspecified atom stereocenters. The van der Waals surface area contributed by atoms with Crippen molar-refractivity contribution in [1.29, 1.82) is 0 Å². The van der Waals surface area contributed by atoms with Crippen LogP contribution in [0.15, 0.2) is 0 Å². The Morgan fingerprint density at radius 1 is 0.287 bits per heavy atom. The van der Waals surface area contributed by atoms with Crippen LogP contribution in [0, 0.1) is 0 Å². The number of nitrogens with one attached hydrogen (secondary N) is 5. The fourth-order valence-corrected chi connectivity index (χ4v) is 18.4. The van der Waals surface area contributed by atoms with E-state index in [-0.39, 0.29) is 0 Å². The molecule has 0 aromatic heterocycles. The van der Waals surface area contributed by atoms with E-state index in [4.69, 9.17) is 99.5 Å². The van der Waals surface area contributed by atoms with Crippen molar-refractivity contribution >= 4 is 35.5 Å². The highest BCUT2D eigenvalue weighted by Crippen LogP contribution is 2.43. The molecule has 11 aliphatic heterocycles. The molecule has 11 heterocycles. The lowest BCUT2D eigenvalue weighted by Gasteiger charge is -2.52. The summed E-state index contributed by atoms with van der Waals surface area (Å²) in [5, 5.41) is 371. The Bertz CT molecular complexity index is 4030. The summed E-state index contributed by atoms with van der Waals surface area (Å²) in [7, 11) is 0. The fourth-order valence-electron chi connectivity index (χ4n) is 18.4. The standard InChI is InChI=1S/C79H131N5O59/c1-18(94)80-35-48(109)59(29(12-90)125-68(35)120)135-70-37(82-20(3)96)49(110)62(32(15-93)130-70)138-75-58(119)65(140-77-67(55(116)45(106)28(11-89)129-77)142-72-39(84-22(5)98)51(112)61(31(14-92)132-72)137-74-57(118)53(114)46(107)33(133-74)17-124-79(78(121)122)6-23(99)40(101)64(143-79)41(102)24(100)7-85)63(139-69-36(81-19(2)95)47(108)42(103)25(8-86)126-69)34(134-75)16-123-76-66(54(115)44(105)27(10-88)128-76)141-71-38(83-21(4)97)50(111)60(30(13-91)131-71)136-73-56(117)52(113)43(104)26(9-87)127-73/h23-77,85-93,99-120H,6-17H2,1-5H3,(H,80,94)(H,81,95)(H,82,96)(H,83,97)(H,84,98)(H,121,122)/t23-,24+,25+,26+,27+,28+,29+,30+,31+,32+,33+,34+,35+,36+,37+,38+,39+,40+,41+,42+,43-,44+,45+,46-,47+,48+,49+,50+,51+,52-,53-,54-,55-,56+,57+,58-,59+,60+,61+,62+,63+,64+,65+,66-,67-,68+,69-,70-,71-,72-,73-,74-,75-,76-,77+,79+/m0/s1. The second kappa shape index (κ2) is 51.2. The van der Waals surface area contributed by atoms with Crippen molar-refractivity contribution < 1.29 is 292 Å². The molecule has 143 heavy (non-hydrogen) atoms. The summed E-state index contributed by atoms with van der Waals surface area (Å²) in [6, 6.07) is -10.2. The van der Waals surface area contributed by atoms with Gasteiger partial charge in [0.15, 0.2) is 62.9 Å². The minimum Gasteiger partial charge on any atom is -0.477 e. The number of carbonyl (C=O) groups is 6. The third kappa shape index (κ3) is 26.2. The topological polar surface area (TPSA) is 1000 Å². The van der Waals surface area contributed by atoms with Gasteiger partial charge in [-0.2, -0.15) is 0 Å². The maximum Gasteiger partial charge on any atom is 0.364 e. The highest BCUT2D eigenvalue weighted by molar-refractivity contribution is 5.76. The summed E-state index contributed by atoms with van der Waals surface area (Å²) in [4.78, 5) is 78.5. The van der Waals surface area contributed by atoms with Crippen molar-refractivity contribution in [3.05, 3.63) is 0 Å². The first-order chi connectivity index (χ1) is 67.5. The molecule has 0 aromatic rings. The predicted molar refractivity (Wildman–Crippen MR) is 438 cm³/mol. The Kier molecular flexibility index (Phi) is 42.3. The average molecular weight is 2090 g/mol.